The standard InChI is InChI=1S/C8H10N8O2/c1-4-11-5(2)15(14-4)7-6(16(17)18)3-10-8(12-7)13-9/h3H,9H2,1-2H3,(H,10,12,13). The predicted octanol–water partition coefficient (Wildman–Crippen LogP) is -0.132. The molecule has 0 amide bonds. The summed E-state index contributed by atoms with van der Waals surface area (Å²) in [6, 6.07) is 0. The van der Waals surface area contributed by atoms with Gasteiger partial charge in [-0.3, -0.25) is 15.5 Å². The van der Waals surface area contributed by atoms with Crippen molar-refractivity contribution >= 4 is 11.6 Å². The highest BCUT2D eigenvalue weighted by atomic mass is 16.6. The number of nitrogens with two attached hydrogens (primary N) is 1. The Morgan fingerprint density at radius 3 is 2.67 bits per heavy atom. The number of aromatic nitrogens is 5. The average Bonchev–Trinajstić information content (AvgIpc) is 2.67. The number of rotatable bonds is 3. The van der Waals surface area contributed by atoms with Crippen molar-refractivity contribution in [3.63, 3.8) is 0 Å². The summed E-state index contributed by atoms with van der Waals surface area (Å²) in [6.07, 6.45) is 1.06. The highest BCUT2D eigenvalue weighted by molar-refractivity contribution is 5.48. The molecule has 18 heavy (non-hydrogen) atoms. The van der Waals surface area contributed by atoms with E-state index in [1.807, 2.05) is 0 Å². The Labute approximate surface area is 101 Å². The molecule has 94 valence electrons. The summed E-state index contributed by atoms with van der Waals surface area (Å²) in [5.41, 5.74) is 1.95. The second-order valence-corrected chi connectivity index (χ2v) is 3.42. The number of anilines is 1. The molecule has 0 saturated heterocycles. The first kappa shape index (κ1) is 11.9. The number of nitro groups is 1. The van der Waals surface area contributed by atoms with Crippen LogP contribution in [-0.2, 0) is 0 Å². The lowest BCUT2D eigenvalue weighted by Gasteiger charge is -2.04. The van der Waals surface area contributed by atoms with E-state index in [0.717, 1.165) is 6.20 Å². The van der Waals surface area contributed by atoms with Gasteiger partial charge >= 0.3 is 5.69 Å². The second-order valence-electron chi connectivity index (χ2n) is 3.42. The molecule has 0 aliphatic heterocycles. The molecule has 0 bridgehead atoms. The number of nitrogens with one attached hydrogen (secondary N) is 1. The van der Waals surface area contributed by atoms with Crippen LogP contribution in [0.5, 0.6) is 0 Å². The molecular formula is C8H10N8O2. The highest BCUT2D eigenvalue weighted by Gasteiger charge is 2.21. The van der Waals surface area contributed by atoms with E-state index in [0.29, 0.717) is 11.6 Å². The van der Waals surface area contributed by atoms with E-state index in [-0.39, 0.29) is 17.5 Å². The number of nitrogens with zero attached hydrogens (tertiary/aromatic N) is 6. The molecular weight excluding hydrogens is 240 g/mol. The van der Waals surface area contributed by atoms with Crippen molar-refractivity contribution in [2.45, 2.75) is 13.8 Å². The Bertz CT molecular complexity index is 607. The zero-order chi connectivity index (χ0) is 13.3. The molecule has 3 N–H and O–H groups in total. The molecule has 10 nitrogen and oxygen atoms in total. The van der Waals surface area contributed by atoms with E-state index >= 15 is 0 Å². The molecule has 0 aliphatic rings. The van der Waals surface area contributed by atoms with Gasteiger partial charge in [-0.15, -0.1) is 5.10 Å². The van der Waals surface area contributed by atoms with Gasteiger partial charge in [-0.2, -0.15) is 9.67 Å². The molecule has 0 atom stereocenters. The summed E-state index contributed by atoms with van der Waals surface area (Å²) >= 11 is 0. The summed E-state index contributed by atoms with van der Waals surface area (Å²) in [7, 11) is 0. The third kappa shape index (κ3) is 1.96. The SMILES string of the molecule is Cc1nc(C)n(-c2nc(NN)ncc2[N+](=O)[O-])n1. The number of hydrogen-bond acceptors (Lipinski definition) is 8. The number of aryl methyl sites for hydroxylation is 2. The van der Waals surface area contributed by atoms with E-state index in [4.69, 9.17) is 5.84 Å². The van der Waals surface area contributed by atoms with Gasteiger partial charge in [0.2, 0.25) is 11.8 Å². The van der Waals surface area contributed by atoms with Crippen molar-refractivity contribution in [1.82, 2.24) is 24.7 Å². The van der Waals surface area contributed by atoms with Crippen molar-refractivity contribution in [2.75, 3.05) is 5.43 Å². The molecule has 2 aromatic heterocycles. The zero-order valence-electron chi connectivity index (χ0n) is 9.65. The minimum absolute atomic E-state index is 0.0149. The van der Waals surface area contributed by atoms with Crippen LogP contribution in [0, 0.1) is 24.0 Å². The summed E-state index contributed by atoms with van der Waals surface area (Å²) in [5.74, 6) is 6.22. The quantitative estimate of drug-likeness (QED) is 0.436. The molecule has 0 aliphatic carbocycles. The van der Waals surface area contributed by atoms with Gasteiger partial charge in [0.05, 0.1) is 4.92 Å². The lowest BCUT2D eigenvalue weighted by atomic mass is 10.4. The summed E-state index contributed by atoms with van der Waals surface area (Å²) in [6.45, 7) is 3.35. The third-order valence-electron chi connectivity index (χ3n) is 2.15. The Hall–Kier alpha value is -2.62. The fourth-order valence-corrected chi connectivity index (χ4v) is 1.44. The van der Waals surface area contributed by atoms with Crippen LogP contribution in [0.15, 0.2) is 6.20 Å². The maximum Gasteiger partial charge on any atom is 0.332 e. The highest BCUT2D eigenvalue weighted by Crippen LogP contribution is 2.21. The number of hydrazine groups is 1. The molecule has 2 heterocycles. The van der Waals surface area contributed by atoms with Crippen molar-refractivity contribution in [1.29, 1.82) is 0 Å². The first-order valence-electron chi connectivity index (χ1n) is 4.91. The topological polar surface area (TPSA) is 138 Å². The summed E-state index contributed by atoms with van der Waals surface area (Å²) in [5, 5.41) is 15.0. The zero-order valence-corrected chi connectivity index (χ0v) is 9.65. The van der Waals surface area contributed by atoms with Crippen LogP contribution < -0.4 is 11.3 Å². The van der Waals surface area contributed by atoms with Gasteiger partial charge in [-0.1, -0.05) is 0 Å². The number of nitrogen functional groups attached to an aromatic ring is 1. The Morgan fingerprint density at radius 1 is 1.44 bits per heavy atom. The normalized spacial score (nSPS) is 10.4. The lowest BCUT2D eigenvalue weighted by Crippen LogP contribution is -2.14. The first-order chi connectivity index (χ1) is 8.52. The Morgan fingerprint density at radius 2 is 2.17 bits per heavy atom. The van der Waals surface area contributed by atoms with E-state index in [1.54, 1.807) is 13.8 Å². The van der Waals surface area contributed by atoms with Crippen molar-refractivity contribution in [2.24, 2.45) is 5.84 Å². The molecule has 0 fully saturated rings. The van der Waals surface area contributed by atoms with Crippen LogP contribution in [0.25, 0.3) is 5.82 Å². The minimum atomic E-state index is -0.591. The fourth-order valence-electron chi connectivity index (χ4n) is 1.44. The van der Waals surface area contributed by atoms with Gasteiger partial charge in [0.25, 0.3) is 0 Å². The molecule has 2 aromatic rings. The van der Waals surface area contributed by atoms with E-state index < -0.39 is 4.92 Å². The van der Waals surface area contributed by atoms with Gasteiger partial charge in [-0.05, 0) is 13.8 Å². The molecule has 0 spiro atoms. The fraction of sp³-hybridized carbons (Fsp3) is 0.250. The largest absolute Gasteiger partial charge is 0.332 e. The van der Waals surface area contributed by atoms with E-state index in [2.05, 4.69) is 25.5 Å². The maximum absolute atomic E-state index is 10.9. The van der Waals surface area contributed by atoms with Gasteiger partial charge < -0.3 is 0 Å². The molecule has 0 radical (unpaired) electrons. The monoisotopic (exact) mass is 250 g/mol. The van der Waals surface area contributed by atoms with Crippen LogP contribution in [0.4, 0.5) is 11.6 Å². The first-order valence-corrected chi connectivity index (χ1v) is 4.91. The Balaban J connectivity index is 2.67. The van der Waals surface area contributed by atoms with Crippen molar-refractivity contribution in [3.05, 3.63) is 28.0 Å². The van der Waals surface area contributed by atoms with E-state index in [9.17, 15) is 10.1 Å². The van der Waals surface area contributed by atoms with Gasteiger partial charge in [0.15, 0.2) is 0 Å². The molecule has 0 unspecified atom stereocenters. The van der Waals surface area contributed by atoms with Gasteiger partial charge in [0.1, 0.15) is 17.8 Å². The Kier molecular flexibility index (Phi) is 2.85. The molecule has 10 heteroatoms. The van der Waals surface area contributed by atoms with Crippen LogP contribution in [0.3, 0.4) is 0 Å². The molecule has 0 saturated carbocycles. The smallest absolute Gasteiger partial charge is 0.292 e. The molecule has 2 rings (SSSR count). The lowest BCUT2D eigenvalue weighted by molar-refractivity contribution is -0.385. The summed E-state index contributed by atoms with van der Waals surface area (Å²) in [4.78, 5) is 22.0. The van der Waals surface area contributed by atoms with Crippen LogP contribution >= 0.6 is 0 Å². The van der Waals surface area contributed by atoms with Crippen LogP contribution in [0.2, 0.25) is 0 Å². The van der Waals surface area contributed by atoms with Crippen molar-refractivity contribution in [3.8, 4) is 5.82 Å². The number of hydrogen-bond donors (Lipinski definition) is 2. The predicted molar refractivity (Wildman–Crippen MR) is 60.9 cm³/mol. The van der Waals surface area contributed by atoms with Gasteiger partial charge in [0, 0.05) is 0 Å². The second kappa shape index (κ2) is 4.33. The van der Waals surface area contributed by atoms with Crippen LogP contribution in [0.1, 0.15) is 11.6 Å². The average molecular weight is 250 g/mol. The van der Waals surface area contributed by atoms with Crippen LogP contribution in [-0.4, -0.2) is 29.7 Å². The molecule has 0 aromatic carbocycles. The van der Waals surface area contributed by atoms with E-state index in [1.165, 1.54) is 4.68 Å². The summed E-state index contributed by atoms with van der Waals surface area (Å²) < 4.78 is 1.27. The van der Waals surface area contributed by atoms with Gasteiger partial charge in [-0.25, -0.2) is 15.8 Å². The minimum Gasteiger partial charge on any atom is -0.292 e. The van der Waals surface area contributed by atoms with Crippen molar-refractivity contribution < 1.29 is 4.92 Å². The third-order valence-corrected chi connectivity index (χ3v) is 2.15. The maximum atomic E-state index is 10.9.